The summed E-state index contributed by atoms with van der Waals surface area (Å²) in [6.45, 7) is 4.51. The van der Waals surface area contributed by atoms with E-state index in [1.165, 1.54) is 49.2 Å². The first-order valence-electron chi connectivity index (χ1n) is 6.17. The summed E-state index contributed by atoms with van der Waals surface area (Å²) < 4.78 is 0. The monoisotopic (exact) mass is 223 g/mol. The summed E-state index contributed by atoms with van der Waals surface area (Å²) in [5.41, 5.74) is 1.37. The van der Waals surface area contributed by atoms with Crippen molar-refractivity contribution in [2.24, 2.45) is 5.92 Å². The van der Waals surface area contributed by atoms with Crippen molar-refractivity contribution in [2.45, 2.75) is 58.3 Å². The number of rotatable bonds is 1. The van der Waals surface area contributed by atoms with Crippen molar-refractivity contribution < 1.29 is 0 Å². The molecule has 0 N–H and O–H groups in total. The molecule has 1 fully saturated rings. The number of aromatic nitrogens is 1. The molecular weight excluding hydrogens is 202 g/mol. The van der Waals surface area contributed by atoms with Crippen molar-refractivity contribution in [1.29, 1.82) is 0 Å². The molecule has 1 aromatic heterocycles. The standard InChI is InChI=1S/C13H21NS/c1-10-5-3-4-6-12(8-7-10)13-9-15-11(2)14-13/h9-10,12H,3-8H2,1-2H3. The lowest BCUT2D eigenvalue weighted by Crippen LogP contribution is -2.07. The first kappa shape index (κ1) is 11.1. The van der Waals surface area contributed by atoms with Crippen molar-refractivity contribution in [3.63, 3.8) is 0 Å². The third-order valence-corrected chi connectivity index (χ3v) is 4.35. The van der Waals surface area contributed by atoms with Crippen molar-refractivity contribution in [3.8, 4) is 0 Å². The molecule has 0 aromatic carbocycles. The number of nitrogens with zero attached hydrogens (tertiary/aromatic N) is 1. The van der Waals surface area contributed by atoms with Crippen LogP contribution in [-0.2, 0) is 0 Å². The average Bonchev–Trinajstić information content (AvgIpc) is 2.59. The molecule has 1 nitrogen and oxygen atoms in total. The molecule has 0 spiro atoms. The highest BCUT2D eigenvalue weighted by molar-refractivity contribution is 7.09. The van der Waals surface area contributed by atoms with Crippen molar-refractivity contribution in [1.82, 2.24) is 4.98 Å². The van der Waals surface area contributed by atoms with Gasteiger partial charge in [-0.1, -0.05) is 32.6 Å². The fraction of sp³-hybridized carbons (Fsp3) is 0.769. The van der Waals surface area contributed by atoms with Gasteiger partial charge in [0.2, 0.25) is 0 Å². The van der Waals surface area contributed by atoms with E-state index in [1.807, 2.05) is 0 Å². The molecule has 1 aromatic rings. The van der Waals surface area contributed by atoms with Crippen molar-refractivity contribution in [2.75, 3.05) is 0 Å². The molecule has 1 aliphatic rings. The van der Waals surface area contributed by atoms with Crippen LogP contribution in [0.4, 0.5) is 0 Å². The molecule has 1 aliphatic carbocycles. The van der Waals surface area contributed by atoms with Gasteiger partial charge in [-0.2, -0.15) is 0 Å². The highest BCUT2D eigenvalue weighted by atomic mass is 32.1. The Kier molecular flexibility index (Phi) is 3.79. The normalized spacial score (nSPS) is 28.4. The summed E-state index contributed by atoms with van der Waals surface area (Å²) in [7, 11) is 0. The van der Waals surface area contributed by atoms with Crippen LogP contribution in [0.3, 0.4) is 0 Å². The third-order valence-electron chi connectivity index (χ3n) is 3.56. The molecule has 2 unspecified atom stereocenters. The van der Waals surface area contributed by atoms with Gasteiger partial charge in [0.15, 0.2) is 0 Å². The third kappa shape index (κ3) is 3.04. The summed E-state index contributed by atoms with van der Waals surface area (Å²) >= 11 is 1.80. The minimum Gasteiger partial charge on any atom is -0.246 e. The molecule has 1 heterocycles. The Morgan fingerprint density at radius 1 is 1.20 bits per heavy atom. The van der Waals surface area contributed by atoms with Gasteiger partial charge in [0.25, 0.3) is 0 Å². The van der Waals surface area contributed by atoms with E-state index in [0.29, 0.717) is 0 Å². The SMILES string of the molecule is Cc1nc(C2CCCCC(C)CC2)cs1. The summed E-state index contributed by atoms with van der Waals surface area (Å²) in [6, 6.07) is 0. The Hall–Kier alpha value is -0.370. The first-order chi connectivity index (χ1) is 7.25. The maximum atomic E-state index is 4.65. The lowest BCUT2D eigenvalue weighted by molar-refractivity contribution is 0.373. The minimum absolute atomic E-state index is 0.748. The number of aryl methyl sites for hydroxylation is 1. The van der Waals surface area contributed by atoms with Crippen LogP contribution in [0.5, 0.6) is 0 Å². The molecule has 84 valence electrons. The van der Waals surface area contributed by atoms with E-state index in [9.17, 15) is 0 Å². The molecule has 0 amide bonds. The van der Waals surface area contributed by atoms with E-state index in [1.54, 1.807) is 11.3 Å². The van der Waals surface area contributed by atoms with E-state index in [4.69, 9.17) is 0 Å². The Morgan fingerprint density at radius 2 is 2.00 bits per heavy atom. The molecule has 2 rings (SSSR count). The maximum Gasteiger partial charge on any atom is 0.0897 e. The zero-order chi connectivity index (χ0) is 10.7. The van der Waals surface area contributed by atoms with Crippen molar-refractivity contribution in [3.05, 3.63) is 16.1 Å². The van der Waals surface area contributed by atoms with Gasteiger partial charge in [-0.25, -0.2) is 4.98 Å². The van der Waals surface area contributed by atoms with Crippen LogP contribution in [0.2, 0.25) is 0 Å². The van der Waals surface area contributed by atoms with E-state index in [-0.39, 0.29) is 0 Å². The van der Waals surface area contributed by atoms with Gasteiger partial charge in [-0.05, 0) is 25.7 Å². The Bertz CT molecular complexity index is 305. The minimum atomic E-state index is 0.748. The zero-order valence-electron chi connectivity index (χ0n) is 9.83. The highest BCUT2D eigenvalue weighted by Crippen LogP contribution is 2.33. The van der Waals surface area contributed by atoms with Crippen LogP contribution in [0.25, 0.3) is 0 Å². The largest absolute Gasteiger partial charge is 0.246 e. The first-order valence-corrected chi connectivity index (χ1v) is 7.05. The molecular formula is C13H21NS. The topological polar surface area (TPSA) is 12.9 Å². The lowest BCUT2D eigenvalue weighted by atomic mass is 9.85. The molecule has 0 saturated heterocycles. The average molecular weight is 223 g/mol. The number of hydrogen-bond acceptors (Lipinski definition) is 2. The van der Waals surface area contributed by atoms with Gasteiger partial charge < -0.3 is 0 Å². The van der Waals surface area contributed by atoms with Crippen LogP contribution in [-0.4, -0.2) is 4.98 Å². The second-order valence-corrected chi connectivity index (χ2v) is 6.02. The van der Waals surface area contributed by atoms with Gasteiger partial charge in [0.1, 0.15) is 0 Å². The zero-order valence-corrected chi connectivity index (χ0v) is 10.6. The second kappa shape index (κ2) is 5.11. The predicted molar refractivity (Wildman–Crippen MR) is 66.5 cm³/mol. The molecule has 2 atom stereocenters. The van der Waals surface area contributed by atoms with Crippen LogP contribution < -0.4 is 0 Å². The predicted octanol–water partition coefficient (Wildman–Crippen LogP) is 4.53. The van der Waals surface area contributed by atoms with E-state index < -0.39 is 0 Å². The summed E-state index contributed by atoms with van der Waals surface area (Å²) in [4.78, 5) is 4.65. The van der Waals surface area contributed by atoms with E-state index >= 15 is 0 Å². The van der Waals surface area contributed by atoms with Crippen molar-refractivity contribution >= 4 is 11.3 Å². The molecule has 0 aliphatic heterocycles. The highest BCUT2D eigenvalue weighted by Gasteiger charge is 2.18. The van der Waals surface area contributed by atoms with Gasteiger partial charge in [0.05, 0.1) is 10.7 Å². The van der Waals surface area contributed by atoms with Gasteiger partial charge in [0, 0.05) is 11.3 Å². The van der Waals surface area contributed by atoms with Gasteiger partial charge in [-0.3, -0.25) is 0 Å². The van der Waals surface area contributed by atoms with Crippen LogP contribution in [0.15, 0.2) is 5.38 Å². The number of thiazole rings is 1. The lowest BCUT2D eigenvalue weighted by Gasteiger charge is -2.21. The molecule has 2 heteroatoms. The van der Waals surface area contributed by atoms with E-state index in [0.717, 1.165) is 11.8 Å². The van der Waals surface area contributed by atoms with E-state index in [2.05, 4.69) is 24.2 Å². The maximum absolute atomic E-state index is 4.65. The Labute approximate surface area is 96.9 Å². The summed E-state index contributed by atoms with van der Waals surface area (Å²) in [6.07, 6.45) is 8.34. The fourth-order valence-corrected chi connectivity index (χ4v) is 3.22. The summed E-state index contributed by atoms with van der Waals surface area (Å²) in [5, 5.41) is 3.49. The molecule has 15 heavy (non-hydrogen) atoms. The Morgan fingerprint density at radius 3 is 2.73 bits per heavy atom. The quantitative estimate of drug-likeness (QED) is 0.682. The van der Waals surface area contributed by atoms with Gasteiger partial charge >= 0.3 is 0 Å². The fourth-order valence-electron chi connectivity index (χ4n) is 2.52. The van der Waals surface area contributed by atoms with Crippen LogP contribution in [0, 0.1) is 12.8 Å². The van der Waals surface area contributed by atoms with Crippen LogP contribution in [0.1, 0.15) is 62.1 Å². The smallest absolute Gasteiger partial charge is 0.0897 e. The summed E-state index contributed by atoms with van der Waals surface area (Å²) in [5.74, 6) is 1.67. The molecule has 0 bridgehead atoms. The van der Waals surface area contributed by atoms with Crippen LogP contribution >= 0.6 is 11.3 Å². The van der Waals surface area contributed by atoms with Gasteiger partial charge in [-0.15, -0.1) is 11.3 Å². The number of hydrogen-bond donors (Lipinski definition) is 0. The second-order valence-electron chi connectivity index (χ2n) is 4.96. The Balaban J connectivity index is 2.01. The molecule has 0 radical (unpaired) electrons. The molecule has 1 saturated carbocycles.